The average Bonchev–Trinajstić information content (AvgIpc) is 3.30. The summed E-state index contributed by atoms with van der Waals surface area (Å²) >= 11 is 0. The Balaban J connectivity index is 2.28. The Labute approximate surface area is 208 Å². The maximum Gasteiger partial charge on any atom is 0.138 e. The van der Waals surface area contributed by atoms with Crippen molar-refractivity contribution in [2.75, 3.05) is 13.2 Å². The lowest BCUT2D eigenvalue weighted by molar-refractivity contribution is -0.124. The molecule has 6 nitrogen and oxygen atoms in total. The topological polar surface area (TPSA) is 74.1 Å². The molecular formula is C28H51N3O3. The van der Waals surface area contributed by atoms with Gasteiger partial charge in [0.05, 0.1) is 25.5 Å². The summed E-state index contributed by atoms with van der Waals surface area (Å²) < 4.78 is 7.50. The molecule has 196 valence electrons. The third-order valence-corrected chi connectivity index (χ3v) is 6.79. The predicted molar refractivity (Wildman–Crippen MR) is 139 cm³/mol. The molecule has 0 aliphatic heterocycles. The highest BCUT2D eigenvalue weighted by Crippen LogP contribution is 2.20. The van der Waals surface area contributed by atoms with Gasteiger partial charge in [-0.15, -0.1) is 5.10 Å². The summed E-state index contributed by atoms with van der Waals surface area (Å²) in [6, 6.07) is 0. The lowest BCUT2D eigenvalue weighted by Gasteiger charge is -2.15. The van der Waals surface area contributed by atoms with E-state index < -0.39 is 0 Å². The van der Waals surface area contributed by atoms with Gasteiger partial charge in [-0.05, 0) is 25.7 Å². The summed E-state index contributed by atoms with van der Waals surface area (Å²) in [7, 11) is 0. The number of nitrogens with zero attached hydrogens (tertiary/aromatic N) is 3. The summed E-state index contributed by atoms with van der Waals surface area (Å²) in [4.78, 5) is 25.1. The van der Waals surface area contributed by atoms with Crippen molar-refractivity contribution in [3.8, 4) is 0 Å². The molecular weight excluding hydrogens is 426 g/mol. The first-order valence-electron chi connectivity index (χ1n) is 14.1. The second-order valence-electron chi connectivity index (χ2n) is 9.70. The molecule has 34 heavy (non-hydrogen) atoms. The number of carbonyl (C=O) groups is 2. The van der Waals surface area contributed by atoms with Gasteiger partial charge in [0.25, 0.3) is 0 Å². The fourth-order valence-electron chi connectivity index (χ4n) is 4.43. The van der Waals surface area contributed by atoms with E-state index in [1.165, 1.54) is 19.3 Å². The first kappa shape index (κ1) is 30.5. The molecule has 0 amide bonds. The maximum absolute atomic E-state index is 12.7. The van der Waals surface area contributed by atoms with Crippen LogP contribution in [0.15, 0.2) is 6.20 Å². The molecule has 1 rings (SSSR count). The van der Waals surface area contributed by atoms with Crippen LogP contribution in [0.4, 0.5) is 0 Å². The fourth-order valence-corrected chi connectivity index (χ4v) is 4.43. The quantitative estimate of drug-likeness (QED) is 0.163. The van der Waals surface area contributed by atoms with Crippen LogP contribution in [0.5, 0.6) is 0 Å². The molecule has 6 heteroatoms. The van der Waals surface area contributed by atoms with Gasteiger partial charge in [0.2, 0.25) is 0 Å². The Hall–Kier alpha value is -1.56. The number of aryl methyl sites for hydroxylation is 1. The van der Waals surface area contributed by atoms with Gasteiger partial charge in [0.15, 0.2) is 0 Å². The fraction of sp³-hybridized carbons (Fsp3) is 0.857. The normalized spacial score (nSPS) is 13.2. The average molecular weight is 478 g/mol. The molecule has 1 aromatic heterocycles. The van der Waals surface area contributed by atoms with E-state index in [1.807, 2.05) is 6.20 Å². The van der Waals surface area contributed by atoms with Gasteiger partial charge in [-0.3, -0.25) is 9.59 Å². The third-order valence-electron chi connectivity index (χ3n) is 6.79. The number of hydrogen-bond donors (Lipinski definition) is 0. The van der Waals surface area contributed by atoms with Crippen LogP contribution >= 0.6 is 0 Å². The van der Waals surface area contributed by atoms with Crippen LogP contribution in [0.2, 0.25) is 0 Å². The van der Waals surface area contributed by atoms with Crippen molar-refractivity contribution >= 4 is 11.6 Å². The summed E-state index contributed by atoms with van der Waals surface area (Å²) in [5.41, 5.74) is 0.857. The molecule has 0 aliphatic rings. The van der Waals surface area contributed by atoms with Crippen LogP contribution in [0.3, 0.4) is 0 Å². The zero-order valence-corrected chi connectivity index (χ0v) is 22.5. The number of ether oxygens (including phenoxy) is 1. The number of hydrogen-bond acceptors (Lipinski definition) is 5. The SMILES string of the molecule is CCCCCCC(CCCC)C(=O)CCOCCn1cc(CCC(=O)C(CC)CCCC)nn1. The van der Waals surface area contributed by atoms with Crippen LogP contribution in [0.1, 0.15) is 123 Å². The van der Waals surface area contributed by atoms with Gasteiger partial charge in [0, 0.05) is 37.3 Å². The van der Waals surface area contributed by atoms with E-state index in [0.29, 0.717) is 50.6 Å². The molecule has 0 bridgehead atoms. The van der Waals surface area contributed by atoms with E-state index >= 15 is 0 Å². The highest BCUT2D eigenvalue weighted by Gasteiger charge is 2.18. The van der Waals surface area contributed by atoms with E-state index in [9.17, 15) is 9.59 Å². The smallest absolute Gasteiger partial charge is 0.138 e. The van der Waals surface area contributed by atoms with Crippen LogP contribution in [0.25, 0.3) is 0 Å². The second-order valence-corrected chi connectivity index (χ2v) is 9.70. The molecule has 0 fully saturated rings. The minimum atomic E-state index is 0.184. The van der Waals surface area contributed by atoms with E-state index in [2.05, 4.69) is 38.0 Å². The van der Waals surface area contributed by atoms with Crippen molar-refractivity contribution in [2.24, 2.45) is 11.8 Å². The number of carbonyl (C=O) groups excluding carboxylic acids is 2. The lowest BCUT2D eigenvalue weighted by atomic mass is 9.90. The Morgan fingerprint density at radius 2 is 1.47 bits per heavy atom. The largest absolute Gasteiger partial charge is 0.379 e. The molecule has 0 aliphatic carbocycles. The number of ketones is 2. The molecule has 0 spiro atoms. The molecule has 1 aromatic rings. The monoisotopic (exact) mass is 477 g/mol. The molecule has 0 radical (unpaired) electrons. The van der Waals surface area contributed by atoms with Gasteiger partial charge in [0.1, 0.15) is 11.6 Å². The minimum absolute atomic E-state index is 0.184. The zero-order chi connectivity index (χ0) is 25.0. The van der Waals surface area contributed by atoms with E-state index in [0.717, 1.165) is 63.5 Å². The summed E-state index contributed by atoms with van der Waals surface area (Å²) in [6.45, 7) is 10.3. The number of rotatable bonds is 23. The van der Waals surface area contributed by atoms with Gasteiger partial charge in [-0.1, -0.05) is 84.3 Å². The number of aromatic nitrogens is 3. The van der Waals surface area contributed by atoms with E-state index in [-0.39, 0.29) is 11.8 Å². The Kier molecular flexibility index (Phi) is 17.7. The summed E-state index contributed by atoms with van der Waals surface area (Å²) in [6.07, 6.45) is 17.0. The summed E-state index contributed by atoms with van der Waals surface area (Å²) in [5, 5.41) is 8.37. The zero-order valence-electron chi connectivity index (χ0n) is 22.5. The van der Waals surface area contributed by atoms with Crippen molar-refractivity contribution in [3.05, 3.63) is 11.9 Å². The van der Waals surface area contributed by atoms with E-state index in [4.69, 9.17) is 4.74 Å². The van der Waals surface area contributed by atoms with Gasteiger partial charge >= 0.3 is 0 Å². The highest BCUT2D eigenvalue weighted by atomic mass is 16.5. The van der Waals surface area contributed by atoms with Crippen molar-refractivity contribution in [1.29, 1.82) is 0 Å². The summed E-state index contributed by atoms with van der Waals surface area (Å²) in [5.74, 6) is 1.10. The number of Topliss-reactive ketones (excluding diaryl/α,β-unsaturated/α-hetero) is 2. The third kappa shape index (κ3) is 13.4. The van der Waals surface area contributed by atoms with Crippen LogP contribution < -0.4 is 0 Å². The highest BCUT2D eigenvalue weighted by molar-refractivity contribution is 5.81. The van der Waals surface area contributed by atoms with Crippen molar-refractivity contribution in [3.63, 3.8) is 0 Å². The first-order valence-corrected chi connectivity index (χ1v) is 14.1. The Bertz CT molecular complexity index is 659. The molecule has 0 saturated heterocycles. The molecule has 0 aromatic carbocycles. The molecule has 1 heterocycles. The molecule has 0 N–H and O–H groups in total. The van der Waals surface area contributed by atoms with Crippen LogP contribution in [0, 0.1) is 11.8 Å². The minimum Gasteiger partial charge on any atom is -0.379 e. The Morgan fingerprint density at radius 3 is 2.15 bits per heavy atom. The molecule has 0 saturated carbocycles. The van der Waals surface area contributed by atoms with Crippen molar-refractivity contribution < 1.29 is 14.3 Å². The maximum atomic E-state index is 12.7. The molecule has 2 atom stereocenters. The van der Waals surface area contributed by atoms with Crippen molar-refractivity contribution in [2.45, 2.75) is 131 Å². The standard InChI is InChI=1S/C28H51N3O3/c1-5-9-12-13-16-25(15-11-7-3)28(33)19-21-34-22-20-31-23-26(29-30-31)17-18-27(32)24(8-4)14-10-6-2/h23-25H,5-22H2,1-4H3. The Morgan fingerprint density at radius 1 is 0.824 bits per heavy atom. The molecule has 2 unspecified atom stereocenters. The van der Waals surface area contributed by atoms with Gasteiger partial charge < -0.3 is 4.74 Å². The first-order chi connectivity index (χ1) is 16.5. The van der Waals surface area contributed by atoms with E-state index in [1.54, 1.807) is 4.68 Å². The van der Waals surface area contributed by atoms with Gasteiger partial charge in [-0.25, -0.2) is 4.68 Å². The van der Waals surface area contributed by atoms with Crippen LogP contribution in [-0.2, 0) is 27.3 Å². The van der Waals surface area contributed by atoms with Gasteiger partial charge in [-0.2, -0.15) is 0 Å². The lowest BCUT2D eigenvalue weighted by Crippen LogP contribution is -2.17. The van der Waals surface area contributed by atoms with Crippen LogP contribution in [-0.4, -0.2) is 39.8 Å². The predicted octanol–water partition coefficient (Wildman–Crippen LogP) is 6.75. The number of unbranched alkanes of at least 4 members (excludes halogenated alkanes) is 5. The van der Waals surface area contributed by atoms with Crippen molar-refractivity contribution in [1.82, 2.24) is 15.0 Å². The second kappa shape index (κ2) is 19.7.